The molecule has 0 N–H and O–H groups in total. The number of hydrogen-bond donors (Lipinski definition) is 0. The van der Waals surface area contributed by atoms with Crippen molar-refractivity contribution in [2.75, 3.05) is 4.90 Å². The highest BCUT2D eigenvalue weighted by atomic mass is 31.2. The van der Waals surface area contributed by atoms with Crippen molar-refractivity contribution < 1.29 is 4.57 Å². The van der Waals surface area contributed by atoms with Crippen molar-refractivity contribution in [2.24, 2.45) is 0 Å². The van der Waals surface area contributed by atoms with E-state index in [-0.39, 0.29) is 5.41 Å². The standard InChI is InChI=1S/C39H32NOP/c1-39(2)34-23-13-14-24-36(34)40(30-16-6-3-7-17-30)37-27-26-29(28-35(37)39)33-22-12-15-25-38(33)42(41,31-18-8-4-9-19-31)32-20-10-5-11-21-32/h3-28H,1-2H3. The number of nitrogens with zero attached hydrogens (tertiary/aromatic N) is 1. The molecule has 2 nitrogen and oxygen atoms in total. The Morgan fingerprint density at radius 1 is 0.524 bits per heavy atom. The molecule has 0 radical (unpaired) electrons. The third kappa shape index (κ3) is 4.14. The van der Waals surface area contributed by atoms with Crippen LogP contribution in [0.2, 0.25) is 0 Å². The molecule has 1 aliphatic rings. The lowest BCUT2D eigenvalue weighted by atomic mass is 9.73. The first-order valence-corrected chi connectivity index (χ1v) is 16.1. The lowest BCUT2D eigenvalue weighted by molar-refractivity contribution is 0.592. The van der Waals surface area contributed by atoms with Crippen molar-refractivity contribution in [2.45, 2.75) is 19.3 Å². The van der Waals surface area contributed by atoms with Crippen LogP contribution in [0.1, 0.15) is 25.0 Å². The zero-order valence-electron chi connectivity index (χ0n) is 23.8. The van der Waals surface area contributed by atoms with E-state index < -0.39 is 7.14 Å². The summed E-state index contributed by atoms with van der Waals surface area (Å²) < 4.78 is 15.4. The molecular formula is C39H32NOP. The monoisotopic (exact) mass is 561 g/mol. The van der Waals surface area contributed by atoms with Crippen LogP contribution in [-0.4, -0.2) is 0 Å². The molecule has 0 bridgehead atoms. The van der Waals surface area contributed by atoms with Crippen LogP contribution in [-0.2, 0) is 9.98 Å². The number of rotatable bonds is 5. The Morgan fingerprint density at radius 3 is 1.71 bits per heavy atom. The summed E-state index contributed by atoms with van der Waals surface area (Å²) >= 11 is 0. The summed E-state index contributed by atoms with van der Waals surface area (Å²) in [6, 6.07) is 54.1. The summed E-state index contributed by atoms with van der Waals surface area (Å²) in [6.45, 7) is 4.61. The van der Waals surface area contributed by atoms with Gasteiger partial charge in [0, 0.05) is 27.0 Å². The van der Waals surface area contributed by atoms with Gasteiger partial charge in [0.1, 0.15) is 0 Å². The molecule has 204 valence electrons. The summed E-state index contributed by atoms with van der Waals surface area (Å²) in [5, 5.41) is 2.54. The molecule has 0 amide bonds. The Balaban J connectivity index is 1.46. The van der Waals surface area contributed by atoms with Crippen molar-refractivity contribution in [3.8, 4) is 11.1 Å². The molecule has 6 aromatic rings. The van der Waals surface area contributed by atoms with E-state index in [0.29, 0.717) is 0 Å². The average Bonchev–Trinajstić information content (AvgIpc) is 3.06. The van der Waals surface area contributed by atoms with Crippen LogP contribution >= 0.6 is 7.14 Å². The van der Waals surface area contributed by atoms with E-state index in [1.807, 2.05) is 72.8 Å². The minimum absolute atomic E-state index is 0.231. The molecule has 0 saturated heterocycles. The number of para-hydroxylation sites is 2. The number of anilines is 3. The second-order valence-corrected chi connectivity index (χ2v) is 14.1. The Bertz CT molecular complexity index is 1890. The maximum absolute atomic E-state index is 15.4. The topological polar surface area (TPSA) is 20.3 Å². The van der Waals surface area contributed by atoms with Gasteiger partial charge in [-0.25, -0.2) is 0 Å². The molecule has 3 heteroatoms. The molecule has 0 unspecified atom stereocenters. The number of benzene rings is 6. The van der Waals surface area contributed by atoms with Gasteiger partial charge in [-0.15, -0.1) is 0 Å². The predicted molar refractivity (Wildman–Crippen MR) is 178 cm³/mol. The summed E-state index contributed by atoms with van der Waals surface area (Å²) in [6.07, 6.45) is 0. The third-order valence-corrected chi connectivity index (χ3v) is 11.7. The average molecular weight is 562 g/mol. The predicted octanol–water partition coefficient (Wildman–Crippen LogP) is 9.10. The molecule has 1 aliphatic heterocycles. The smallest absolute Gasteiger partial charge is 0.171 e. The van der Waals surface area contributed by atoms with Crippen molar-refractivity contribution in [3.05, 3.63) is 169 Å². The van der Waals surface area contributed by atoms with Gasteiger partial charge in [0.2, 0.25) is 0 Å². The quantitative estimate of drug-likeness (QED) is 0.196. The van der Waals surface area contributed by atoms with Crippen molar-refractivity contribution >= 4 is 40.1 Å². The van der Waals surface area contributed by atoms with Crippen LogP contribution < -0.4 is 20.8 Å². The van der Waals surface area contributed by atoms with Gasteiger partial charge in [0.15, 0.2) is 7.14 Å². The van der Waals surface area contributed by atoms with Gasteiger partial charge in [-0.1, -0.05) is 141 Å². The zero-order chi connectivity index (χ0) is 28.7. The largest absolute Gasteiger partial charge is 0.310 e. The van der Waals surface area contributed by atoms with Gasteiger partial charge >= 0.3 is 0 Å². The van der Waals surface area contributed by atoms with Gasteiger partial charge in [-0.05, 0) is 52.6 Å². The summed E-state index contributed by atoms with van der Waals surface area (Å²) in [7, 11) is -3.16. The van der Waals surface area contributed by atoms with E-state index >= 15 is 4.57 Å². The molecule has 0 saturated carbocycles. The second-order valence-electron chi connectivity index (χ2n) is 11.3. The molecule has 0 spiro atoms. The van der Waals surface area contributed by atoms with E-state index in [1.54, 1.807) is 0 Å². The first kappa shape index (κ1) is 26.3. The highest BCUT2D eigenvalue weighted by molar-refractivity contribution is 7.85. The van der Waals surface area contributed by atoms with Gasteiger partial charge < -0.3 is 9.46 Å². The SMILES string of the molecule is CC1(C)c2ccccc2N(c2ccccc2)c2ccc(-c3ccccc3P(=O)(c3ccccc3)c3ccccc3)cc21. The van der Waals surface area contributed by atoms with E-state index in [2.05, 4.69) is 104 Å². The molecular weight excluding hydrogens is 529 g/mol. The molecule has 42 heavy (non-hydrogen) atoms. The van der Waals surface area contributed by atoms with Crippen LogP contribution in [0.4, 0.5) is 17.1 Å². The van der Waals surface area contributed by atoms with Crippen molar-refractivity contribution in [3.63, 3.8) is 0 Å². The van der Waals surface area contributed by atoms with Crippen LogP contribution in [0.25, 0.3) is 11.1 Å². The molecule has 7 rings (SSSR count). The van der Waals surface area contributed by atoms with Crippen LogP contribution in [0.5, 0.6) is 0 Å². The van der Waals surface area contributed by atoms with Gasteiger partial charge in [0.25, 0.3) is 0 Å². The molecule has 1 heterocycles. The Hall–Kier alpha value is -4.65. The number of hydrogen-bond acceptors (Lipinski definition) is 2. The minimum atomic E-state index is -3.16. The Labute approximate surface area is 248 Å². The van der Waals surface area contributed by atoms with Crippen molar-refractivity contribution in [1.82, 2.24) is 0 Å². The summed E-state index contributed by atoms with van der Waals surface area (Å²) in [5.41, 5.74) is 7.86. The fourth-order valence-corrected chi connectivity index (χ4v) is 9.30. The lowest BCUT2D eigenvalue weighted by Gasteiger charge is -2.42. The van der Waals surface area contributed by atoms with E-state index in [9.17, 15) is 0 Å². The molecule has 6 aromatic carbocycles. The maximum atomic E-state index is 15.4. The van der Waals surface area contributed by atoms with Crippen LogP contribution in [0, 0.1) is 0 Å². The molecule has 0 atom stereocenters. The molecule has 0 fully saturated rings. The Morgan fingerprint density at radius 2 is 1.05 bits per heavy atom. The van der Waals surface area contributed by atoms with Crippen LogP contribution in [0.3, 0.4) is 0 Å². The maximum Gasteiger partial charge on any atom is 0.171 e. The van der Waals surface area contributed by atoms with Crippen LogP contribution in [0.15, 0.2) is 158 Å². The van der Waals surface area contributed by atoms with E-state index in [1.165, 1.54) is 22.5 Å². The van der Waals surface area contributed by atoms with Crippen molar-refractivity contribution in [1.29, 1.82) is 0 Å². The summed E-state index contributed by atoms with van der Waals surface area (Å²) in [4.78, 5) is 2.37. The van der Waals surface area contributed by atoms with Gasteiger partial charge in [-0.2, -0.15) is 0 Å². The summed E-state index contributed by atoms with van der Waals surface area (Å²) in [5.74, 6) is 0. The third-order valence-electron chi connectivity index (χ3n) is 8.54. The van der Waals surface area contributed by atoms with Gasteiger partial charge in [0.05, 0.1) is 11.4 Å². The zero-order valence-corrected chi connectivity index (χ0v) is 24.7. The lowest BCUT2D eigenvalue weighted by Crippen LogP contribution is -2.30. The fourth-order valence-electron chi connectivity index (χ4n) is 6.42. The van der Waals surface area contributed by atoms with E-state index in [0.717, 1.165) is 32.7 Å². The highest BCUT2D eigenvalue weighted by Crippen LogP contribution is 2.53. The Kier molecular flexibility index (Phi) is 6.45. The highest BCUT2D eigenvalue weighted by Gasteiger charge is 2.38. The molecule has 0 aliphatic carbocycles. The fraction of sp³-hybridized carbons (Fsp3) is 0.0769. The first-order valence-electron chi connectivity index (χ1n) is 14.4. The molecule has 0 aromatic heterocycles. The van der Waals surface area contributed by atoms with Gasteiger partial charge in [-0.3, -0.25) is 0 Å². The minimum Gasteiger partial charge on any atom is -0.310 e. The normalized spacial score (nSPS) is 13.7. The number of fused-ring (bicyclic) bond motifs is 2. The van der Waals surface area contributed by atoms with E-state index in [4.69, 9.17) is 0 Å². The first-order chi connectivity index (χ1) is 20.5. The second kappa shape index (κ2) is 10.3.